The number of ether oxygens (including phenoxy) is 1. The van der Waals surface area contributed by atoms with Gasteiger partial charge in [0.25, 0.3) is 0 Å². The number of hydrogen-bond acceptors (Lipinski definition) is 3. The van der Waals surface area contributed by atoms with E-state index in [1.165, 1.54) is 12.1 Å². The molecule has 0 aliphatic carbocycles. The molecule has 110 valence electrons. The zero-order chi connectivity index (χ0) is 14.5. The second-order valence-corrected chi connectivity index (χ2v) is 6.36. The summed E-state index contributed by atoms with van der Waals surface area (Å²) >= 11 is 0. The zero-order valence-corrected chi connectivity index (χ0v) is 12.3. The van der Waals surface area contributed by atoms with Gasteiger partial charge in [-0.05, 0) is 62.6 Å². The number of nitrogens with zero attached hydrogens (tertiary/aromatic N) is 1. The molecule has 1 N–H and O–H groups in total. The second kappa shape index (κ2) is 4.79. The normalized spacial score (nSPS) is 34.2. The highest BCUT2D eigenvalue weighted by atomic mass is 19.1. The summed E-state index contributed by atoms with van der Waals surface area (Å²) < 4.78 is 19.1. The number of morpholine rings is 1. The lowest BCUT2D eigenvalue weighted by Gasteiger charge is -2.51. The van der Waals surface area contributed by atoms with Crippen LogP contribution in [0, 0.1) is 19.7 Å². The van der Waals surface area contributed by atoms with E-state index in [2.05, 4.69) is 11.9 Å². The lowest BCUT2D eigenvalue weighted by atomic mass is 9.74. The average molecular weight is 279 g/mol. The van der Waals surface area contributed by atoms with Gasteiger partial charge in [0, 0.05) is 12.1 Å². The Balaban J connectivity index is 2.01. The molecular weight excluding hydrogens is 257 g/mol. The van der Waals surface area contributed by atoms with Crippen LogP contribution in [0.2, 0.25) is 0 Å². The molecule has 0 saturated carbocycles. The fourth-order valence-electron chi connectivity index (χ4n) is 3.99. The fraction of sp³-hybridized carbons (Fsp3) is 0.625. The number of hydrogen-bond donors (Lipinski definition) is 1. The van der Waals surface area contributed by atoms with Crippen molar-refractivity contribution in [3.05, 3.63) is 34.6 Å². The second-order valence-electron chi connectivity index (χ2n) is 6.36. The van der Waals surface area contributed by atoms with E-state index in [0.29, 0.717) is 26.1 Å². The molecule has 3 nitrogen and oxygen atoms in total. The third kappa shape index (κ3) is 2.16. The molecule has 2 aliphatic heterocycles. The Morgan fingerprint density at radius 3 is 2.20 bits per heavy atom. The maximum atomic E-state index is 13.5. The molecule has 2 atom stereocenters. The molecule has 0 amide bonds. The molecule has 2 bridgehead atoms. The third-order valence-corrected chi connectivity index (χ3v) is 4.88. The SMILES string of the molecule is Cc1cc(F)cc(C)c1C1(O)CC2COCC(C1)N2C. The molecule has 2 saturated heterocycles. The molecule has 2 unspecified atom stereocenters. The first kappa shape index (κ1) is 14.0. The molecule has 3 rings (SSSR count). The van der Waals surface area contributed by atoms with Gasteiger partial charge in [0.1, 0.15) is 5.82 Å². The monoisotopic (exact) mass is 279 g/mol. The first-order chi connectivity index (χ1) is 9.40. The van der Waals surface area contributed by atoms with E-state index in [9.17, 15) is 9.50 Å². The third-order valence-electron chi connectivity index (χ3n) is 4.88. The van der Waals surface area contributed by atoms with Crippen LogP contribution in [0.1, 0.15) is 29.5 Å². The molecule has 20 heavy (non-hydrogen) atoms. The quantitative estimate of drug-likeness (QED) is 0.855. The number of fused-ring (bicyclic) bond motifs is 2. The number of piperidine rings is 1. The van der Waals surface area contributed by atoms with Crippen molar-refractivity contribution in [1.29, 1.82) is 0 Å². The van der Waals surface area contributed by atoms with Crippen LogP contribution in [0.15, 0.2) is 12.1 Å². The first-order valence-corrected chi connectivity index (χ1v) is 7.20. The molecule has 2 fully saturated rings. The Morgan fingerprint density at radius 1 is 1.20 bits per heavy atom. The predicted octanol–water partition coefficient (Wildman–Crippen LogP) is 2.12. The maximum Gasteiger partial charge on any atom is 0.123 e. The molecule has 0 aromatic heterocycles. The predicted molar refractivity (Wildman–Crippen MR) is 75.2 cm³/mol. The smallest absolute Gasteiger partial charge is 0.123 e. The van der Waals surface area contributed by atoms with E-state index in [1.807, 2.05) is 13.8 Å². The molecule has 0 spiro atoms. The molecule has 2 heterocycles. The minimum Gasteiger partial charge on any atom is -0.385 e. The van der Waals surface area contributed by atoms with Crippen molar-refractivity contribution < 1.29 is 14.2 Å². The van der Waals surface area contributed by atoms with Gasteiger partial charge >= 0.3 is 0 Å². The first-order valence-electron chi connectivity index (χ1n) is 7.20. The van der Waals surface area contributed by atoms with E-state index in [0.717, 1.165) is 16.7 Å². The molecule has 1 aromatic rings. The highest BCUT2D eigenvalue weighted by Gasteiger charge is 2.46. The van der Waals surface area contributed by atoms with Gasteiger partial charge in [0.15, 0.2) is 0 Å². The molecule has 0 radical (unpaired) electrons. The number of rotatable bonds is 1. The van der Waals surface area contributed by atoms with Gasteiger partial charge in [0.05, 0.1) is 18.8 Å². The Bertz CT molecular complexity index is 494. The van der Waals surface area contributed by atoms with Crippen molar-refractivity contribution in [2.24, 2.45) is 0 Å². The minimum atomic E-state index is -0.868. The van der Waals surface area contributed by atoms with Gasteiger partial charge < -0.3 is 9.84 Å². The topological polar surface area (TPSA) is 32.7 Å². The van der Waals surface area contributed by atoms with Crippen molar-refractivity contribution in [3.8, 4) is 0 Å². The van der Waals surface area contributed by atoms with Crippen molar-refractivity contribution in [1.82, 2.24) is 4.90 Å². The van der Waals surface area contributed by atoms with Gasteiger partial charge in [0.2, 0.25) is 0 Å². The number of aliphatic hydroxyl groups is 1. The zero-order valence-electron chi connectivity index (χ0n) is 12.3. The maximum absolute atomic E-state index is 13.5. The van der Waals surface area contributed by atoms with E-state index in [-0.39, 0.29) is 17.9 Å². The Morgan fingerprint density at radius 2 is 1.70 bits per heavy atom. The van der Waals surface area contributed by atoms with Gasteiger partial charge in [-0.15, -0.1) is 0 Å². The number of benzene rings is 1. The highest BCUT2D eigenvalue weighted by Crippen LogP contribution is 2.42. The van der Waals surface area contributed by atoms with Crippen LogP contribution in [0.4, 0.5) is 4.39 Å². The lowest BCUT2D eigenvalue weighted by molar-refractivity contribution is -0.138. The lowest BCUT2D eigenvalue weighted by Crippen LogP contribution is -2.59. The van der Waals surface area contributed by atoms with Crippen LogP contribution >= 0.6 is 0 Å². The van der Waals surface area contributed by atoms with Gasteiger partial charge in [-0.25, -0.2) is 4.39 Å². The van der Waals surface area contributed by atoms with Crippen LogP contribution < -0.4 is 0 Å². The van der Waals surface area contributed by atoms with Gasteiger partial charge in [-0.2, -0.15) is 0 Å². The summed E-state index contributed by atoms with van der Waals surface area (Å²) in [5.74, 6) is -0.233. The van der Waals surface area contributed by atoms with Crippen LogP contribution in [-0.4, -0.2) is 42.4 Å². The molecule has 2 aliphatic rings. The van der Waals surface area contributed by atoms with Crippen LogP contribution in [0.25, 0.3) is 0 Å². The van der Waals surface area contributed by atoms with Crippen LogP contribution in [0.5, 0.6) is 0 Å². The summed E-state index contributed by atoms with van der Waals surface area (Å²) in [5, 5.41) is 11.2. The van der Waals surface area contributed by atoms with Crippen LogP contribution in [-0.2, 0) is 10.3 Å². The van der Waals surface area contributed by atoms with E-state index in [1.54, 1.807) is 0 Å². The van der Waals surface area contributed by atoms with Crippen molar-refractivity contribution in [2.45, 2.75) is 44.4 Å². The van der Waals surface area contributed by atoms with Crippen LogP contribution in [0.3, 0.4) is 0 Å². The molecular formula is C16H22FNO2. The summed E-state index contributed by atoms with van der Waals surface area (Å²) in [7, 11) is 2.10. The summed E-state index contributed by atoms with van der Waals surface area (Å²) in [5.41, 5.74) is 1.72. The largest absolute Gasteiger partial charge is 0.385 e. The van der Waals surface area contributed by atoms with E-state index in [4.69, 9.17) is 4.74 Å². The molecule has 1 aromatic carbocycles. The molecule has 4 heteroatoms. The minimum absolute atomic E-state index is 0.233. The number of aryl methyl sites for hydroxylation is 2. The van der Waals surface area contributed by atoms with Gasteiger partial charge in [-0.1, -0.05) is 0 Å². The standard InChI is InChI=1S/C16H22FNO2/c1-10-4-12(17)5-11(2)15(10)16(19)6-13-8-20-9-14(7-16)18(13)3/h4-5,13-14,19H,6-9H2,1-3H3. The van der Waals surface area contributed by atoms with E-state index < -0.39 is 5.60 Å². The summed E-state index contributed by atoms with van der Waals surface area (Å²) in [6.07, 6.45) is 1.29. The number of likely N-dealkylation sites (N-methyl/N-ethyl adjacent to an activating group) is 1. The highest BCUT2D eigenvalue weighted by molar-refractivity contribution is 5.39. The summed E-state index contributed by atoms with van der Waals surface area (Å²) in [4.78, 5) is 2.31. The van der Waals surface area contributed by atoms with Crippen molar-refractivity contribution >= 4 is 0 Å². The van der Waals surface area contributed by atoms with E-state index >= 15 is 0 Å². The fourth-order valence-corrected chi connectivity index (χ4v) is 3.99. The Labute approximate surface area is 119 Å². The Hall–Kier alpha value is -0.970. The van der Waals surface area contributed by atoms with Crippen molar-refractivity contribution in [3.63, 3.8) is 0 Å². The summed E-state index contributed by atoms with van der Waals surface area (Å²) in [6.45, 7) is 5.09. The summed E-state index contributed by atoms with van der Waals surface area (Å²) in [6, 6.07) is 3.50. The Kier molecular flexibility index (Phi) is 3.35. The number of halogens is 1. The van der Waals surface area contributed by atoms with Gasteiger partial charge in [-0.3, -0.25) is 4.90 Å². The average Bonchev–Trinajstić information content (AvgIpc) is 2.30. The van der Waals surface area contributed by atoms with Crippen molar-refractivity contribution in [2.75, 3.05) is 20.3 Å².